The van der Waals surface area contributed by atoms with Gasteiger partial charge in [0.15, 0.2) is 5.96 Å². The van der Waals surface area contributed by atoms with Crippen LogP contribution in [0.25, 0.3) is 0 Å². The van der Waals surface area contributed by atoms with Crippen molar-refractivity contribution in [3.05, 3.63) is 0 Å². The Hall–Kier alpha value is -1.26. The lowest BCUT2D eigenvalue weighted by molar-refractivity contribution is -0.120. The fraction of sp³-hybridized carbons (Fsp3) is 0.818. The summed E-state index contributed by atoms with van der Waals surface area (Å²) in [5, 5.41) is 8.90. The highest BCUT2D eigenvalue weighted by molar-refractivity contribution is 5.86. The van der Waals surface area contributed by atoms with Gasteiger partial charge in [0.2, 0.25) is 5.91 Å². The van der Waals surface area contributed by atoms with Gasteiger partial charge in [-0.2, -0.15) is 0 Å². The van der Waals surface area contributed by atoms with Crippen molar-refractivity contribution in [2.45, 2.75) is 33.1 Å². The van der Waals surface area contributed by atoms with Gasteiger partial charge in [-0.3, -0.25) is 9.79 Å². The monoisotopic (exact) mass is 228 g/mol. The van der Waals surface area contributed by atoms with Gasteiger partial charge in [0.05, 0.1) is 6.54 Å². The van der Waals surface area contributed by atoms with Crippen LogP contribution < -0.4 is 16.0 Å². The second kappa shape index (κ2) is 10.3. The van der Waals surface area contributed by atoms with Crippen LogP contribution in [-0.4, -0.2) is 38.5 Å². The number of nitrogens with one attached hydrogen (secondary N) is 3. The first-order valence-corrected chi connectivity index (χ1v) is 5.95. The summed E-state index contributed by atoms with van der Waals surface area (Å²) in [6.45, 7) is 6.04. The van der Waals surface area contributed by atoms with Gasteiger partial charge in [0.1, 0.15) is 0 Å². The topological polar surface area (TPSA) is 65.5 Å². The molecule has 0 unspecified atom stereocenters. The van der Waals surface area contributed by atoms with Gasteiger partial charge in [0.25, 0.3) is 0 Å². The minimum absolute atomic E-state index is 0.000270. The normalized spacial score (nSPS) is 11.1. The lowest BCUT2D eigenvalue weighted by atomic mass is 10.3. The first-order chi connectivity index (χ1) is 7.74. The van der Waals surface area contributed by atoms with E-state index in [2.05, 4.69) is 27.9 Å². The Kier molecular flexibility index (Phi) is 9.46. The van der Waals surface area contributed by atoms with Crippen molar-refractivity contribution in [2.24, 2.45) is 4.99 Å². The summed E-state index contributed by atoms with van der Waals surface area (Å²) in [5.74, 6) is 0.681. The zero-order chi connectivity index (χ0) is 12.2. The SMILES string of the molecule is CCCCNC(=NC)NCC(=O)NCCC. The average molecular weight is 228 g/mol. The molecule has 0 aliphatic heterocycles. The maximum Gasteiger partial charge on any atom is 0.239 e. The van der Waals surface area contributed by atoms with Crippen LogP contribution in [0.15, 0.2) is 4.99 Å². The quantitative estimate of drug-likeness (QED) is 0.337. The van der Waals surface area contributed by atoms with E-state index in [1.165, 1.54) is 0 Å². The second-order valence-electron chi connectivity index (χ2n) is 3.56. The molecule has 0 aliphatic carbocycles. The maximum absolute atomic E-state index is 11.3. The van der Waals surface area contributed by atoms with Gasteiger partial charge in [0, 0.05) is 20.1 Å². The molecular formula is C11H24N4O. The maximum atomic E-state index is 11.3. The van der Waals surface area contributed by atoms with Crippen LogP contribution in [0.1, 0.15) is 33.1 Å². The van der Waals surface area contributed by atoms with Gasteiger partial charge in [-0.05, 0) is 12.8 Å². The van der Waals surface area contributed by atoms with Crippen molar-refractivity contribution >= 4 is 11.9 Å². The molecule has 94 valence electrons. The van der Waals surface area contributed by atoms with E-state index < -0.39 is 0 Å². The average Bonchev–Trinajstić information content (AvgIpc) is 2.31. The van der Waals surface area contributed by atoms with Crippen molar-refractivity contribution in [1.82, 2.24) is 16.0 Å². The zero-order valence-corrected chi connectivity index (χ0v) is 10.6. The molecule has 0 bridgehead atoms. The Morgan fingerprint density at radius 1 is 1.06 bits per heavy atom. The first kappa shape index (κ1) is 14.7. The molecular weight excluding hydrogens is 204 g/mol. The third-order valence-corrected chi connectivity index (χ3v) is 2.03. The van der Waals surface area contributed by atoms with Crippen LogP contribution in [0.2, 0.25) is 0 Å². The van der Waals surface area contributed by atoms with E-state index in [-0.39, 0.29) is 12.5 Å². The van der Waals surface area contributed by atoms with Crippen molar-refractivity contribution in [1.29, 1.82) is 0 Å². The summed E-state index contributed by atoms with van der Waals surface area (Å²) >= 11 is 0. The lowest BCUT2D eigenvalue weighted by Gasteiger charge is -2.11. The highest BCUT2D eigenvalue weighted by atomic mass is 16.1. The molecule has 16 heavy (non-hydrogen) atoms. The Morgan fingerprint density at radius 3 is 2.38 bits per heavy atom. The molecule has 0 saturated carbocycles. The van der Waals surface area contributed by atoms with Gasteiger partial charge in [-0.1, -0.05) is 20.3 Å². The smallest absolute Gasteiger partial charge is 0.239 e. The molecule has 0 aromatic carbocycles. The van der Waals surface area contributed by atoms with Crippen molar-refractivity contribution in [3.63, 3.8) is 0 Å². The predicted molar refractivity (Wildman–Crippen MR) is 67.6 cm³/mol. The Morgan fingerprint density at radius 2 is 1.81 bits per heavy atom. The zero-order valence-electron chi connectivity index (χ0n) is 10.6. The van der Waals surface area contributed by atoms with Crippen LogP contribution in [-0.2, 0) is 4.79 Å². The number of unbranched alkanes of at least 4 members (excludes halogenated alkanes) is 1. The Labute approximate surface area is 98.1 Å². The summed E-state index contributed by atoms with van der Waals surface area (Å²) in [5.41, 5.74) is 0. The molecule has 3 N–H and O–H groups in total. The van der Waals surface area contributed by atoms with Crippen LogP contribution in [0.4, 0.5) is 0 Å². The van der Waals surface area contributed by atoms with Crippen molar-refractivity contribution in [2.75, 3.05) is 26.7 Å². The molecule has 0 aliphatic rings. The number of carbonyl (C=O) groups is 1. The van der Waals surface area contributed by atoms with Gasteiger partial charge >= 0.3 is 0 Å². The number of carbonyl (C=O) groups excluding carboxylic acids is 1. The van der Waals surface area contributed by atoms with Gasteiger partial charge in [-0.15, -0.1) is 0 Å². The van der Waals surface area contributed by atoms with E-state index in [0.29, 0.717) is 5.96 Å². The predicted octanol–water partition coefficient (Wildman–Crippen LogP) is 0.478. The standard InChI is InChI=1S/C11H24N4O/c1-4-6-8-14-11(12-3)15-9-10(16)13-7-5-2/h4-9H2,1-3H3,(H,13,16)(H2,12,14,15). The minimum atomic E-state index is 0.000270. The molecule has 0 saturated heterocycles. The Balaban J connectivity index is 3.66. The molecule has 0 fully saturated rings. The molecule has 0 spiro atoms. The van der Waals surface area contributed by atoms with E-state index in [4.69, 9.17) is 0 Å². The summed E-state index contributed by atoms with van der Waals surface area (Å²) in [7, 11) is 1.70. The number of nitrogens with zero attached hydrogens (tertiary/aromatic N) is 1. The minimum Gasteiger partial charge on any atom is -0.356 e. The first-order valence-electron chi connectivity index (χ1n) is 5.95. The fourth-order valence-corrected chi connectivity index (χ4v) is 1.10. The second-order valence-corrected chi connectivity index (χ2v) is 3.56. The molecule has 1 amide bonds. The van der Waals surface area contributed by atoms with Gasteiger partial charge < -0.3 is 16.0 Å². The van der Waals surface area contributed by atoms with E-state index >= 15 is 0 Å². The van der Waals surface area contributed by atoms with Crippen molar-refractivity contribution in [3.8, 4) is 0 Å². The third kappa shape index (κ3) is 8.08. The number of aliphatic imine (C=N–C) groups is 1. The molecule has 5 heteroatoms. The van der Waals surface area contributed by atoms with Crippen LogP contribution in [0, 0.1) is 0 Å². The molecule has 0 rings (SSSR count). The summed E-state index contributed by atoms with van der Waals surface area (Å²) in [4.78, 5) is 15.3. The van der Waals surface area contributed by atoms with Crippen LogP contribution >= 0.6 is 0 Å². The largest absolute Gasteiger partial charge is 0.356 e. The Bertz CT molecular complexity index is 216. The molecule has 0 aromatic rings. The summed E-state index contributed by atoms with van der Waals surface area (Å²) in [6, 6.07) is 0. The highest BCUT2D eigenvalue weighted by Crippen LogP contribution is 1.82. The number of amides is 1. The fourth-order valence-electron chi connectivity index (χ4n) is 1.10. The summed E-state index contributed by atoms with van der Waals surface area (Å²) < 4.78 is 0. The highest BCUT2D eigenvalue weighted by Gasteiger charge is 2.01. The van der Waals surface area contributed by atoms with E-state index in [1.807, 2.05) is 6.92 Å². The molecule has 0 atom stereocenters. The molecule has 5 nitrogen and oxygen atoms in total. The summed E-state index contributed by atoms with van der Waals surface area (Å²) in [6.07, 6.45) is 3.19. The van der Waals surface area contributed by atoms with Gasteiger partial charge in [-0.25, -0.2) is 0 Å². The lowest BCUT2D eigenvalue weighted by Crippen LogP contribution is -2.43. The van der Waals surface area contributed by atoms with Crippen LogP contribution in [0.5, 0.6) is 0 Å². The van der Waals surface area contributed by atoms with Crippen molar-refractivity contribution < 1.29 is 4.79 Å². The number of guanidine groups is 1. The van der Waals surface area contributed by atoms with E-state index in [0.717, 1.165) is 32.4 Å². The van der Waals surface area contributed by atoms with E-state index in [1.54, 1.807) is 7.05 Å². The number of rotatable bonds is 7. The third-order valence-electron chi connectivity index (χ3n) is 2.03. The molecule has 0 aromatic heterocycles. The van der Waals surface area contributed by atoms with Crippen LogP contribution in [0.3, 0.4) is 0 Å². The number of hydrogen-bond acceptors (Lipinski definition) is 2. The molecule has 0 heterocycles. The number of hydrogen-bond donors (Lipinski definition) is 3. The molecule has 0 radical (unpaired) electrons. The van der Waals surface area contributed by atoms with E-state index in [9.17, 15) is 4.79 Å².